The highest BCUT2D eigenvalue weighted by molar-refractivity contribution is 5.46. The van der Waals surface area contributed by atoms with Crippen LogP contribution < -0.4 is 10.5 Å². The summed E-state index contributed by atoms with van der Waals surface area (Å²) in [5.74, 6) is 0.569. The van der Waals surface area contributed by atoms with E-state index in [1.54, 1.807) is 12.1 Å². The minimum absolute atomic E-state index is 0.0621. The fourth-order valence-electron chi connectivity index (χ4n) is 1.28. The van der Waals surface area contributed by atoms with Crippen molar-refractivity contribution in [1.29, 1.82) is 5.26 Å². The zero-order chi connectivity index (χ0) is 10.6. The van der Waals surface area contributed by atoms with Crippen molar-refractivity contribution in [3.05, 3.63) is 23.8 Å². The van der Waals surface area contributed by atoms with Crippen LogP contribution in [-0.2, 0) is 0 Å². The molecule has 1 unspecified atom stereocenters. The first-order chi connectivity index (χ1) is 6.70. The molecule has 1 atom stereocenters. The fraction of sp³-hybridized carbons (Fsp3) is 0.300. The number of benzene rings is 1. The second kappa shape index (κ2) is 4.49. The van der Waals surface area contributed by atoms with Crippen molar-refractivity contribution in [3.63, 3.8) is 0 Å². The Hall–Kier alpha value is -1.73. The average Bonchev–Trinajstić information content (AvgIpc) is 2.17. The molecule has 3 N–H and O–H groups in total. The lowest BCUT2D eigenvalue weighted by atomic mass is 10.0. The maximum absolute atomic E-state index is 9.55. The van der Waals surface area contributed by atoms with Crippen molar-refractivity contribution < 1.29 is 9.84 Å². The molecule has 0 aromatic heterocycles. The van der Waals surface area contributed by atoms with Gasteiger partial charge in [0.25, 0.3) is 0 Å². The number of nitrogens with two attached hydrogens (primary N) is 1. The summed E-state index contributed by atoms with van der Waals surface area (Å²) in [7, 11) is 1.50. The van der Waals surface area contributed by atoms with Crippen molar-refractivity contribution in [1.82, 2.24) is 0 Å². The molecule has 0 spiro atoms. The molecule has 0 fully saturated rings. The highest BCUT2D eigenvalue weighted by atomic mass is 16.5. The predicted molar refractivity (Wildman–Crippen MR) is 51.8 cm³/mol. The number of nitriles is 1. The number of rotatable bonds is 3. The monoisotopic (exact) mass is 192 g/mol. The van der Waals surface area contributed by atoms with Gasteiger partial charge in [0, 0.05) is 0 Å². The summed E-state index contributed by atoms with van der Waals surface area (Å²) in [6.45, 7) is 0. The molecule has 0 radical (unpaired) electrons. The Labute approximate surface area is 82.5 Å². The Balaban J connectivity index is 3.11. The number of phenols is 1. The summed E-state index contributed by atoms with van der Waals surface area (Å²) in [4.78, 5) is 0. The van der Waals surface area contributed by atoms with Gasteiger partial charge < -0.3 is 15.6 Å². The van der Waals surface area contributed by atoms with E-state index in [4.69, 9.17) is 15.7 Å². The summed E-state index contributed by atoms with van der Waals surface area (Å²) in [5, 5.41) is 18.1. The van der Waals surface area contributed by atoms with E-state index >= 15 is 0 Å². The second-order valence-electron chi connectivity index (χ2n) is 2.86. The van der Waals surface area contributed by atoms with Crippen LogP contribution in [0, 0.1) is 11.3 Å². The van der Waals surface area contributed by atoms with Gasteiger partial charge in [-0.2, -0.15) is 5.26 Å². The lowest BCUT2D eigenvalue weighted by Crippen LogP contribution is -2.10. The van der Waals surface area contributed by atoms with E-state index in [9.17, 15) is 5.11 Å². The lowest BCUT2D eigenvalue weighted by molar-refractivity contribution is 0.394. The molecule has 1 aromatic carbocycles. The van der Waals surface area contributed by atoms with Gasteiger partial charge in [-0.05, 0) is 12.1 Å². The van der Waals surface area contributed by atoms with Crippen molar-refractivity contribution in [2.45, 2.75) is 12.5 Å². The molecule has 1 rings (SSSR count). The zero-order valence-corrected chi connectivity index (χ0v) is 7.90. The summed E-state index contributed by atoms with van der Waals surface area (Å²) in [6.07, 6.45) is 0.147. The van der Waals surface area contributed by atoms with E-state index in [1.165, 1.54) is 13.2 Å². The van der Waals surface area contributed by atoms with Gasteiger partial charge in [-0.25, -0.2) is 0 Å². The topological polar surface area (TPSA) is 79.3 Å². The first-order valence-electron chi connectivity index (χ1n) is 4.19. The highest BCUT2D eigenvalue weighted by Crippen LogP contribution is 2.33. The number of methoxy groups -OCH3 is 1. The molecule has 1 aromatic rings. The Kier molecular flexibility index (Phi) is 3.32. The zero-order valence-electron chi connectivity index (χ0n) is 7.90. The molecule has 0 aliphatic carbocycles. The normalized spacial score (nSPS) is 11.8. The maximum atomic E-state index is 9.55. The van der Waals surface area contributed by atoms with Crippen molar-refractivity contribution in [2.24, 2.45) is 5.73 Å². The third-order valence-corrected chi connectivity index (χ3v) is 1.95. The van der Waals surface area contributed by atoms with E-state index in [0.717, 1.165) is 0 Å². The van der Waals surface area contributed by atoms with Crippen LogP contribution in [0.5, 0.6) is 11.5 Å². The van der Waals surface area contributed by atoms with Crippen molar-refractivity contribution >= 4 is 0 Å². The SMILES string of the molecule is COc1cccc(O)c1C(N)CC#N. The predicted octanol–water partition coefficient (Wildman–Crippen LogP) is 1.31. The summed E-state index contributed by atoms with van der Waals surface area (Å²) in [5.41, 5.74) is 6.20. The third kappa shape index (κ3) is 1.95. The first-order valence-corrected chi connectivity index (χ1v) is 4.19. The van der Waals surface area contributed by atoms with Crippen LogP contribution >= 0.6 is 0 Å². The molecule has 0 heterocycles. The smallest absolute Gasteiger partial charge is 0.127 e. The fourth-order valence-corrected chi connectivity index (χ4v) is 1.28. The summed E-state index contributed by atoms with van der Waals surface area (Å²) < 4.78 is 5.04. The lowest BCUT2D eigenvalue weighted by Gasteiger charge is -2.14. The quantitative estimate of drug-likeness (QED) is 0.756. The molecule has 4 nitrogen and oxygen atoms in total. The van der Waals surface area contributed by atoms with E-state index in [1.807, 2.05) is 6.07 Å². The molecule has 0 saturated carbocycles. The van der Waals surface area contributed by atoms with E-state index in [2.05, 4.69) is 0 Å². The van der Waals surface area contributed by atoms with Crippen LogP contribution in [0.15, 0.2) is 18.2 Å². The molecular weight excluding hydrogens is 180 g/mol. The first kappa shape index (κ1) is 10.4. The van der Waals surface area contributed by atoms with Gasteiger partial charge >= 0.3 is 0 Å². The second-order valence-corrected chi connectivity index (χ2v) is 2.86. The molecule has 4 heteroatoms. The van der Waals surface area contributed by atoms with Crippen LogP contribution in [-0.4, -0.2) is 12.2 Å². The number of phenolic OH excluding ortho intramolecular Hbond substituents is 1. The molecule has 0 saturated heterocycles. The molecule has 0 amide bonds. The van der Waals surface area contributed by atoms with Crippen molar-refractivity contribution in [3.8, 4) is 17.6 Å². The largest absolute Gasteiger partial charge is 0.507 e. The number of hydrogen-bond donors (Lipinski definition) is 2. The van der Waals surface area contributed by atoms with Gasteiger partial charge in [0.1, 0.15) is 11.5 Å². The van der Waals surface area contributed by atoms with Crippen LogP contribution in [0.3, 0.4) is 0 Å². The minimum Gasteiger partial charge on any atom is -0.507 e. The average molecular weight is 192 g/mol. The molecule has 0 aliphatic heterocycles. The highest BCUT2D eigenvalue weighted by Gasteiger charge is 2.15. The molecule has 0 bridgehead atoms. The Morgan fingerprint density at radius 1 is 1.64 bits per heavy atom. The van der Waals surface area contributed by atoms with Gasteiger partial charge in [0.2, 0.25) is 0 Å². The molecule has 0 aliphatic rings. The maximum Gasteiger partial charge on any atom is 0.127 e. The van der Waals surface area contributed by atoms with Crippen LogP contribution in [0.25, 0.3) is 0 Å². The number of aromatic hydroxyl groups is 1. The third-order valence-electron chi connectivity index (χ3n) is 1.95. The Morgan fingerprint density at radius 3 is 2.93 bits per heavy atom. The molecule has 74 valence electrons. The Morgan fingerprint density at radius 2 is 2.36 bits per heavy atom. The molecule has 14 heavy (non-hydrogen) atoms. The molecular formula is C10H12N2O2. The number of hydrogen-bond acceptors (Lipinski definition) is 4. The van der Waals surface area contributed by atoms with Crippen molar-refractivity contribution in [2.75, 3.05) is 7.11 Å². The van der Waals surface area contributed by atoms with Gasteiger partial charge in [0.05, 0.1) is 31.2 Å². The van der Waals surface area contributed by atoms with Gasteiger partial charge in [-0.15, -0.1) is 0 Å². The van der Waals surface area contributed by atoms with Crippen LogP contribution in [0.1, 0.15) is 18.0 Å². The van der Waals surface area contributed by atoms with Crippen LogP contribution in [0.2, 0.25) is 0 Å². The standard InChI is InChI=1S/C10H12N2O2/c1-14-9-4-2-3-8(13)10(9)7(12)5-6-11/h2-4,7,13H,5,12H2,1H3. The van der Waals surface area contributed by atoms with E-state index < -0.39 is 6.04 Å². The Bertz CT molecular complexity index is 358. The summed E-state index contributed by atoms with van der Waals surface area (Å²) >= 11 is 0. The number of nitrogens with zero attached hydrogens (tertiary/aromatic N) is 1. The summed E-state index contributed by atoms with van der Waals surface area (Å²) in [6, 6.07) is 6.32. The van der Waals surface area contributed by atoms with Gasteiger partial charge in [-0.3, -0.25) is 0 Å². The van der Waals surface area contributed by atoms with E-state index in [0.29, 0.717) is 11.3 Å². The van der Waals surface area contributed by atoms with E-state index in [-0.39, 0.29) is 12.2 Å². The van der Waals surface area contributed by atoms with Crippen LogP contribution in [0.4, 0.5) is 0 Å². The minimum atomic E-state index is -0.517. The van der Waals surface area contributed by atoms with Gasteiger partial charge in [0.15, 0.2) is 0 Å². The van der Waals surface area contributed by atoms with Gasteiger partial charge in [-0.1, -0.05) is 6.07 Å². The number of ether oxygens (including phenoxy) is 1.